The molecule has 0 aromatic carbocycles. The van der Waals surface area contributed by atoms with Crippen LogP contribution in [0.3, 0.4) is 0 Å². The molecule has 10 heteroatoms. The van der Waals surface area contributed by atoms with Crippen LogP contribution >= 0.6 is 22.9 Å². The number of nitro groups is 1. The van der Waals surface area contributed by atoms with Gasteiger partial charge < -0.3 is 5.73 Å². The summed E-state index contributed by atoms with van der Waals surface area (Å²) in [6, 6.07) is 0.893. The van der Waals surface area contributed by atoms with Crippen LogP contribution in [-0.4, -0.2) is 36.8 Å². The lowest BCUT2D eigenvalue weighted by molar-refractivity contribution is -0.384. The molecule has 1 aliphatic heterocycles. The molecule has 2 heterocycles. The molecule has 0 saturated carbocycles. The van der Waals surface area contributed by atoms with Crippen LogP contribution in [0.25, 0.3) is 0 Å². The van der Waals surface area contributed by atoms with Gasteiger partial charge in [-0.3, -0.25) is 10.1 Å². The summed E-state index contributed by atoms with van der Waals surface area (Å²) < 4.78 is 26.6. The number of nitrogens with two attached hydrogens (primary N) is 1. The van der Waals surface area contributed by atoms with Gasteiger partial charge in [-0.25, -0.2) is 8.42 Å². The van der Waals surface area contributed by atoms with Crippen LogP contribution in [0.15, 0.2) is 10.3 Å². The van der Waals surface area contributed by atoms with Crippen molar-refractivity contribution in [3.8, 4) is 0 Å². The fraction of sp³-hybridized carbons (Fsp3) is 0.636. The third-order valence-electron chi connectivity index (χ3n) is 3.48. The molecule has 1 aromatic heterocycles. The summed E-state index contributed by atoms with van der Waals surface area (Å²) in [6.07, 6.45) is 3.08. The Morgan fingerprint density at radius 2 is 2.24 bits per heavy atom. The second kappa shape index (κ2) is 6.57. The highest BCUT2D eigenvalue weighted by Gasteiger charge is 2.35. The van der Waals surface area contributed by atoms with Gasteiger partial charge in [-0.15, -0.1) is 11.3 Å². The van der Waals surface area contributed by atoms with Gasteiger partial charge in [0.2, 0.25) is 0 Å². The molecule has 1 aromatic rings. The number of hydrogen-bond acceptors (Lipinski definition) is 6. The third kappa shape index (κ3) is 3.37. The highest BCUT2D eigenvalue weighted by Crippen LogP contribution is 2.38. The Balaban J connectivity index is 2.36. The van der Waals surface area contributed by atoms with Crippen molar-refractivity contribution < 1.29 is 13.3 Å². The molecule has 1 saturated heterocycles. The minimum atomic E-state index is -3.76. The number of piperidine rings is 1. The first-order valence-electron chi connectivity index (χ1n) is 6.53. The van der Waals surface area contributed by atoms with Crippen molar-refractivity contribution in [1.29, 1.82) is 0 Å². The molecular weight excluding hydrogens is 338 g/mol. The van der Waals surface area contributed by atoms with Gasteiger partial charge >= 0.3 is 0 Å². The summed E-state index contributed by atoms with van der Waals surface area (Å²) in [7, 11) is -3.76. The van der Waals surface area contributed by atoms with Crippen LogP contribution in [0.4, 0.5) is 5.69 Å². The van der Waals surface area contributed by atoms with Gasteiger partial charge in [0.1, 0.15) is 4.21 Å². The molecule has 2 N–H and O–H groups in total. The van der Waals surface area contributed by atoms with Gasteiger partial charge in [-0.1, -0.05) is 18.0 Å². The van der Waals surface area contributed by atoms with Crippen LogP contribution in [0.5, 0.6) is 0 Å². The summed E-state index contributed by atoms with van der Waals surface area (Å²) in [5.41, 5.74) is 5.17. The lowest BCUT2D eigenvalue weighted by Gasteiger charge is -2.34. The number of hydrogen-bond donors (Lipinski definition) is 1. The van der Waals surface area contributed by atoms with E-state index in [1.807, 2.05) is 0 Å². The van der Waals surface area contributed by atoms with Gasteiger partial charge in [0, 0.05) is 18.7 Å². The summed E-state index contributed by atoms with van der Waals surface area (Å²) in [5, 5.41) is 10.8. The Kier molecular flexibility index (Phi) is 5.20. The zero-order valence-electron chi connectivity index (χ0n) is 11.2. The second-order valence-electron chi connectivity index (χ2n) is 4.82. The number of halogens is 1. The van der Waals surface area contributed by atoms with E-state index in [0.717, 1.165) is 36.7 Å². The van der Waals surface area contributed by atoms with Gasteiger partial charge in [-0.2, -0.15) is 4.31 Å². The molecule has 118 valence electrons. The molecule has 2 rings (SSSR count). The van der Waals surface area contributed by atoms with Crippen molar-refractivity contribution >= 4 is 38.6 Å². The van der Waals surface area contributed by atoms with E-state index >= 15 is 0 Å². The molecule has 1 fully saturated rings. The first kappa shape index (κ1) is 16.6. The molecule has 1 unspecified atom stereocenters. The smallest absolute Gasteiger partial charge is 0.300 e. The second-order valence-corrected chi connectivity index (χ2v) is 8.60. The maximum Gasteiger partial charge on any atom is 0.300 e. The molecular formula is C11H16ClN3O4S2. The van der Waals surface area contributed by atoms with E-state index in [1.54, 1.807) is 0 Å². The van der Waals surface area contributed by atoms with Crippen molar-refractivity contribution in [2.45, 2.75) is 35.9 Å². The predicted molar refractivity (Wildman–Crippen MR) is 81.2 cm³/mol. The van der Waals surface area contributed by atoms with E-state index in [-0.39, 0.29) is 20.3 Å². The SMILES string of the molecule is NCCC1CCCCN1S(=O)(=O)c1cc([N+](=O)[O-])c(Cl)s1. The quantitative estimate of drug-likeness (QED) is 0.645. The van der Waals surface area contributed by atoms with Crippen molar-refractivity contribution in [2.75, 3.05) is 13.1 Å². The largest absolute Gasteiger partial charge is 0.330 e. The highest BCUT2D eigenvalue weighted by atomic mass is 35.5. The average molecular weight is 354 g/mol. The predicted octanol–water partition coefficient (Wildman–Crippen LogP) is 2.20. The minimum absolute atomic E-state index is 0.0804. The Morgan fingerprint density at radius 1 is 1.52 bits per heavy atom. The van der Waals surface area contributed by atoms with Crippen molar-refractivity contribution in [2.24, 2.45) is 5.73 Å². The molecule has 21 heavy (non-hydrogen) atoms. The van der Waals surface area contributed by atoms with Crippen LogP contribution in [0.1, 0.15) is 25.7 Å². The van der Waals surface area contributed by atoms with E-state index in [4.69, 9.17) is 17.3 Å². The summed E-state index contributed by atoms with van der Waals surface area (Å²) in [4.78, 5) is 10.1. The Hall–Kier alpha value is -0.740. The van der Waals surface area contributed by atoms with Crippen molar-refractivity contribution in [1.82, 2.24) is 4.31 Å². The Labute approximate surface area is 131 Å². The van der Waals surface area contributed by atoms with Crippen molar-refractivity contribution in [3.63, 3.8) is 0 Å². The van der Waals surface area contributed by atoms with Gasteiger partial charge in [0.15, 0.2) is 4.34 Å². The lowest BCUT2D eigenvalue weighted by Crippen LogP contribution is -2.44. The fourth-order valence-electron chi connectivity index (χ4n) is 2.48. The molecule has 0 aliphatic carbocycles. The first-order valence-corrected chi connectivity index (χ1v) is 9.17. The van der Waals surface area contributed by atoms with Crippen molar-refractivity contribution in [3.05, 3.63) is 20.5 Å². The molecule has 7 nitrogen and oxygen atoms in total. The molecule has 1 atom stereocenters. The molecule has 0 spiro atoms. The molecule has 0 bridgehead atoms. The van der Waals surface area contributed by atoms with Crippen LogP contribution in [0, 0.1) is 10.1 Å². The molecule has 1 aliphatic rings. The minimum Gasteiger partial charge on any atom is -0.330 e. The zero-order chi connectivity index (χ0) is 15.6. The van der Waals surface area contributed by atoms with E-state index in [0.29, 0.717) is 19.5 Å². The number of nitrogens with zero attached hydrogens (tertiary/aromatic N) is 2. The summed E-state index contributed by atoms with van der Waals surface area (Å²) >= 11 is 6.48. The Bertz CT molecular complexity index is 629. The third-order valence-corrected chi connectivity index (χ3v) is 7.22. The topological polar surface area (TPSA) is 107 Å². The van der Waals surface area contributed by atoms with Gasteiger partial charge in [-0.05, 0) is 25.8 Å². The highest BCUT2D eigenvalue weighted by molar-refractivity contribution is 7.91. The number of sulfonamides is 1. The normalized spacial score (nSPS) is 20.6. The summed E-state index contributed by atoms with van der Waals surface area (Å²) in [5.74, 6) is 0. The maximum absolute atomic E-state index is 12.7. The number of rotatable bonds is 5. The van der Waals surface area contributed by atoms with Gasteiger partial charge in [0.25, 0.3) is 15.7 Å². The monoisotopic (exact) mass is 353 g/mol. The standard InChI is InChI=1S/C11H16ClN3O4S2/c12-11-9(15(16)17)7-10(20-11)21(18,19)14-6-2-1-3-8(14)4-5-13/h7-8H,1-6,13H2. The maximum atomic E-state index is 12.7. The fourth-order valence-corrected chi connectivity index (χ4v) is 6.00. The average Bonchev–Trinajstić information content (AvgIpc) is 2.82. The van der Waals surface area contributed by atoms with E-state index < -0.39 is 14.9 Å². The van der Waals surface area contributed by atoms with Crippen LogP contribution in [0.2, 0.25) is 4.34 Å². The lowest BCUT2D eigenvalue weighted by atomic mass is 10.0. The van der Waals surface area contributed by atoms with Gasteiger partial charge in [0.05, 0.1) is 4.92 Å². The first-order chi connectivity index (χ1) is 9.87. The molecule has 0 amide bonds. The Morgan fingerprint density at radius 3 is 2.81 bits per heavy atom. The number of thiophene rings is 1. The van der Waals surface area contributed by atoms with Crippen LogP contribution < -0.4 is 5.73 Å². The van der Waals surface area contributed by atoms with E-state index in [9.17, 15) is 18.5 Å². The zero-order valence-corrected chi connectivity index (χ0v) is 13.6. The van der Waals surface area contributed by atoms with Crippen LogP contribution in [-0.2, 0) is 10.0 Å². The molecule has 0 radical (unpaired) electrons. The van der Waals surface area contributed by atoms with E-state index in [2.05, 4.69) is 0 Å². The van der Waals surface area contributed by atoms with E-state index in [1.165, 1.54) is 4.31 Å². The summed E-state index contributed by atoms with van der Waals surface area (Å²) in [6.45, 7) is 0.818.